The summed E-state index contributed by atoms with van der Waals surface area (Å²) >= 11 is 0. The van der Waals surface area contributed by atoms with E-state index in [0.29, 0.717) is 33.2 Å². The van der Waals surface area contributed by atoms with Crippen LogP contribution in [0.5, 0.6) is 0 Å². The van der Waals surface area contributed by atoms with Crippen LogP contribution in [0.25, 0.3) is 66.1 Å². The molecule has 8 rings (SSSR count). The van der Waals surface area contributed by atoms with Crippen LogP contribution in [0, 0.1) is 27.7 Å². The van der Waals surface area contributed by atoms with Gasteiger partial charge in [-0.25, -0.2) is 0 Å². The second-order valence-electron chi connectivity index (χ2n) is 13.2. The van der Waals surface area contributed by atoms with E-state index in [4.69, 9.17) is 0 Å². The van der Waals surface area contributed by atoms with E-state index < -0.39 is 23.5 Å². The van der Waals surface area contributed by atoms with Crippen molar-refractivity contribution < 1.29 is 26.3 Å². The molecular weight excluding hydrogens is 646 g/mol. The van der Waals surface area contributed by atoms with Crippen molar-refractivity contribution in [2.75, 3.05) is 0 Å². The fraction of sp³-hybridized carbons (Fsp3) is 0.143. The van der Waals surface area contributed by atoms with Crippen LogP contribution in [-0.2, 0) is 12.4 Å². The molecule has 0 saturated carbocycles. The van der Waals surface area contributed by atoms with Gasteiger partial charge in [0.15, 0.2) is 0 Å². The highest BCUT2D eigenvalue weighted by atomic mass is 19.4. The van der Waals surface area contributed by atoms with Crippen LogP contribution in [0.15, 0.2) is 109 Å². The number of halogens is 6. The molecule has 2 heterocycles. The summed E-state index contributed by atoms with van der Waals surface area (Å²) in [5, 5.41) is 3.21. The molecule has 0 saturated heterocycles. The molecular formula is C42H30F6N2. The van der Waals surface area contributed by atoms with Gasteiger partial charge in [-0.15, -0.1) is 0 Å². The summed E-state index contributed by atoms with van der Waals surface area (Å²) < 4.78 is 92.0. The first-order valence-electron chi connectivity index (χ1n) is 16.2. The number of fused-ring (bicyclic) bond motifs is 6. The predicted octanol–water partition coefficient (Wildman–Crippen LogP) is 12.8. The fourth-order valence-corrected chi connectivity index (χ4v) is 7.27. The van der Waals surface area contributed by atoms with Crippen LogP contribution in [-0.4, -0.2) is 9.13 Å². The third kappa shape index (κ3) is 5.04. The molecule has 0 N–H and O–H groups in total. The number of aryl methyl sites for hydroxylation is 4. The monoisotopic (exact) mass is 676 g/mol. The number of hydrogen-bond donors (Lipinski definition) is 0. The van der Waals surface area contributed by atoms with Crippen molar-refractivity contribution in [2.24, 2.45) is 0 Å². The number of aromatic nitrogens is 2. The quantitative estimate of drug-likeness (QED) is 0.165. The summed E-state index contributed by atoms with van der Waals surface area (Å²) in [5.74, 6) is 0. The zero-order valence-corrected chi connectivity index (χ0v) is 27.6. The van der Waals surface area contributed by atoms with Gasteiger partial charge in [-0.2, -0.15) is 26.3 Å². The maximum atomic E-state index is 14.8. The Balaban J connectivity index is 1.44. The third-order valence-corrected chi connectivity index (χ3v) is 9.58. The lowest BCUT2D eigenvalue weighted by atomic mass is 9.98. The lowest BCUT2D eigenvalue weighted by Gasteiger charge is -2.20. The van der Waals surface area contributed by atoms with Crippen LogP contribution in [0.3, 0.4) is 0 Å². The molecule has 2 aromatic heterocycles. The molecule has 0 spiro atoms. The van der Waals surface area contributed by atoms with E-state index in [0.717, 1.165) is 55.9 Å². The van der Waals surface area contributed by atoms with E-state index in [1.807, 2.05) is 100 Å². The lowest BCUT2D eigenvalue weighted by Crippen LogP contribution is -2.12. The molecule has 2 nitrogen and oxygen atoms in total. The minimum absolute atomic E-state index is 0.101. The Kier molecular flexibility index (Phi) is 6.99. The number of nitrogens with zero attached hydrogens (tertiary/aromatic N) is 2. The smallest absolute Gasteiger partial charge is 0.309 e. The molecule has 8 heteroatoms. The van der Waals surface area contributed by atoms with Gasteiger partial charge in [0.1, 0.15) is 0 Å². The number of hydrogen-bond acceptors (Lipinski definition) is 0. The highest BCUT2D eigenvalue weighted by molar-refractivity contribution is 6.11. The van der Waals surface area contributed by atoms with Gasteiger partial charge in [-0.1, -0.05) is 60.7 Å². The zero-order chi connectivity index (χ0) is 35.3. The van der Waals surface area contributed by atoms with Crippen molar-refractivity contribution in [3.63, 3.8) is 0 Å². The van der Waals surface area contributed by atoms with Crippen molar-refractivity contribution >= 4 is 43.6 Å². The molecule has 0 radical (unpaired) electrons. The topological polar surface area (TPSA) is 9.86 Å². The normalized spacial score (nSPS) is 12.6. The van der Waals surface area contributed by atoms with E-state index in [-0.39, 0.29) is 11.4 Å². The van der Waals surface area contributed by atoms with Gasteiger partial charge in [0.05, 0.1) is 44.6 Å². The summed E-state index contributed by atoms with van der Waals surface area (Å²) in [6.45, 7) is 7.54. The SMILES string of the molecule is Cc1ccc2c3ccc(C)cc3n(-c3cc(-c4ccc(C(F)(F)F)c(-n5c6cc(C)ccc6c6ccc(C)cc65)c4)ccc3C(F)(F)F)c2c1. The van der Waals surface area contributed by atoms with Gasteiger partial charge in [-0.3, -0.25) is 0 Å². The van der Waals surface area contributed by atoms with Gasteiger partial charge >= 0.3 is 12.4 Å². The zero-order valence-electron chi connectivity index (χ0n) is 27.6. The minimum Gasteiger partial charge on any atom is -0.309 e. The van der Waals surface area contributed by atoms with Crippen LogP contribution in [0.1, 0.15) is 33.4 Å². The van der Waals surface area contributed by atoms with Gasteiger partial charge < -0.3 is 9.13 Å². The summed E-state index contributed by atoms with van der Waals surface area (Å²) in [6.07, 6.45) is -9.40. The van der Waals surface area contributed by atoms with E-state index in [9.17, 15) is 26.3 Å². The second kappa shape index (κ2) is 11.0. The Morgan fingerprint density at radius 1 is 0.360 bits per heavy atom. The van der Waals surface area contributed by atoms with E-state index in [1.54, 1.807) is 9.13 Å². The molecule has 0 bridgehead atoms. The molecule has 50 heavy (non-hydrogen) atoms. The Bertz CT molecular complexity index is 2370. The molecule has 250 valence electrons. The standard InChI is InChI=1S/C42H30F6N2/c1-23-5-11-29-30-12-6-24(2)18-36(30)49(35(29)17-23)39-21-27(9-15-33(39)41(43,44)45)28-10-16-34(42(46,47)48)40(22-28)50-37-19-25(3)7-13-31(37)32-14-8-26(4)20-38(32)50/h5-22H,1-4H3. The first-order chi connectivity index (χ1) is 23.7. The van der Waals surface area contributed by atoms with Gasteiger partial charge in [0.25, 0.3) is 0 Å². The summed E-state index contributed by atoms with van der Waals surface area (Å²) in [6, 6.07) is 30.4. The van der Waals surface area contributed by atoms with Crippen molar-refractivity contribution in [1.29, 1.82) is 0 Å². The number of alkyl halides is 6. The summed E-state index contributed by atoms with van der Waals surface area (Å²) in [4.78, 5) is 0. The van der Waals surface area contributed by atoms with Crippen molar-refractivity contribution in [1.82, 2.24) is 9.13 Å². The molecule has 0 aliphatic rings. The maximum Gasteiger partial charge on any atom is 0.418 e. The van der Waals surface area contributed by atoms with Crippen LogP contribution < -0.4 is 0 Å². The largest absolute Gasteiger partial charge is 0.418 e. The third-order valence-electron chi connectivity index (χ3n) is 9.58. The van der Waals surface area contributed by atoms with Crippen molar-refractivity contribution in [3.8, 4) is 22.5 Å². The number of benzene rings is 6. The molecule has 0 aliphatic carbocycles. The minimum atomic E-state index is -4.70. The highest BCUT2D eigenvalue weighted by Crippen LogP contribution is 2.44. The van der Waals surface area contributed by atoms with Crippen molar-refractivity contribution in [2.45, 2.75) is 40.0 Å². The van der Waals surface area contributed by atoms with Crippen molar-refractivity contribution in [3.05, 3.63) is 143 Å². The molecule has 0 atom stereocenters. The Morgan fingerprint density at radius 2 is 0.640 bits per heavy atom. The van der Waals surface area contributed by atoms with Crippen LogP contribution in [0.2, 0.25) is 0 Å². The Labute approximate surface area is 283 Å². The lowest BCUT2D eigenvalue weighted by molar-refractivity contribution is -0.138. The first-order valence-corrected chi connectivity index (χ1v) is 16.2. The maximum absolute atomic E-state index is 14.8. The molecule has 8 aromatic rings. The van der Waals surface area contributed by atoms with Crippen LogP contribution >= 0.6 is 0 Å². The van der Waals surface area contributed by atoms with E-state index in [1.165, 1.54) is 24.3 Å². The van der Waals surface area contributed by atoms with Gasteiger partial charge in [0.2, 0.25) is 0 Å². The van der Waals surface area contributed by atoms with Gasteiger partial charge in [-0.05, 0) is 110 Å². The van der Waals surface area contributed by atoms with Crippen LogP contribution in [0.4, 0.5) is 26.3 Å². The second-order valence-corrected chi connectivity index (χ2v) is 13.2. The fourth-order valence-electron chi connectivity index (χ4n) is 7.27. The number of rotatable bonds is 3. The first kappa shape index (κ1) is 31.7. The average molecular weight is 677 g/mol. The summed E-state index contributed by atoms with van der Waals surface area (Å²) in [7, 11) is 0. The molecule has 0 aliphatic heterocycles. The molecule has 0 unspecified atom stereocenters. The van der Waals surface area contributed by atoms with E-state index in [2.05, 4.69) is 0 Å². The molecule has 6 aromatic carbocycles. The molecule has 0 fully saturated rings. The predicted molar refractivity (Wildman–Crippen MR) is 190 cm³/mol. The Morgan fingerprint density at radius 3 is 0.900 bits per heavy atom. The Hall–Kier alpha value is -5.50. The molecule has 0 amide bonds. The highest BCUT2D eigenvalue weighted by Gasteiger charge is 2.37. The average Bonchev–Trinajstić information content (AvgIpc) is 3.53. The summed E-state index contributed by atoms with van der Waals surface area (Å²) in [5.41, 5.74) is 4.78. The van der Waals surface area contributed by atoms with Gasteiger partial charge in [0, 0.05) is 21.5 Å². The van der Waals surface area contributed by atoms with E-state index >= 15 is 0 Å².